The molecule has 2 N–H and O–H groups in total. The second-order valence-electron chi connectivity index (χ2n) is 7.93. The zero-order chi connectivity index (χ0) is 21.9. The molecule has 1 aromatic carbocycles. The molecular weight excluding hydrogens is 376 g/mol. The van der Waals surface area contributed by atoms with Crippen molar-refractivity contribution in [3.63, 3.8) is 0 Å². The van der Waals surface area contributed by atoms with Gasteiger partial charge in [0.05, 0.1) is 17.9 Å². The molecule has 0 aliphatic carbocycles. The minimum atomic E-state index is -0.280. The summed E-state index contributed by atoms with van der Waals surface area (Å²) in [5, 5.41) is 16.1. The number of rotatable bonds is 18. The first-order valence-corrected chi connectivity index (χ1v) is 11.9. The monoisotopic (exact) mass is 418 g/mol. The van der Waals surface area contributed by atoms with Crippen molar-refractivity contribution >= 4 is 17.4 Å². The van der Waals surface area contributed by atoms with Gasteiger partial charge in [-0.3, -0.25) is 0 Å². The van der Waals surface area contributed by atoms with E-state index in [0.717, 1.165) is 56.5 Å². The normalized spacial score (nSPS) is 11.5. The number of esters is 1. The molecule has 0 heterocycles. The summed E-state index contributed by atoms with van der Waals surface area (Å²) in [5.41, 5.74) is 2.54. The maximum absolute atomic E-state index is 11.6. The third kappa shape index (κ3) is 12.5. The fourth-order valence-electron chi connectivity index (χ4n) is 3.49. The van der Waals surface area contributed by atoms with E-state index in [2.05, 4.69) is 17.4 Å². The average Bonchev–Trinajstić information content (AvgIpc) is 2.77. The third-order valence-electron chi connectivity index (χ3n) is 5.33. The summed E-state index contributed by atoms with van der Waals surface area (Å²) < 4.78 is 4.99. The van der Waals surface area contributed by atoms with Gasteiger partial charge in [0.2, 0.25) is 0 Å². The van der Waals surface area contributed by atoms with E-state index in [1.54, 1.807) is 19.1 Å². The molecule has 0 saturated carbocycles. The fraction of sp³-hybridized carbons (Fsp3) is 0.680. The van der Waals surface area contributed by atoms with Gasteiger partial charge in [-0.1, -0.05) is 63.4 Å². The molecule has 5 nitrogen and oxygen atoms in total. The number of benzene rings is 1. The zero-order valence-corrected chi connectivity index (χ0v) is 19.1. The van der Waals surface area contributed by atoms with Gasteiger partial charge in [0, 0.05) is 12.2 Å². The van der Waals surface area contributed by atoms with Crippen LogP contribution in [0.3, 0.4) is 0 Å². The van der Waals surface area contributed by atoms with Crippen LogP contribution in [-0.2, 0) is 4.74 Å². The highest BCUT2D eigenvalue weighted by atomic mass is 16.5. The molecule has 5 heteroatoms. The Kier molecular flexibility index (Phi) is 15.4. The number of unbranched alkanes of at least 4 members (excludes halogenated alkanes) is 9. The van der Waals surface area contributed by atoms with Gasteiger partial charge in [-0.25, -0.2) is 4.79 Å². The Balaban J connectivity index is 2.04. The van der Waals surface area contributed by atoms with Gasteiger partial charge in [-0.05, 0) is 63.3 Å². The van der Waals surface area contributed by atoms with E-state index in [9.17, 15) is 10.0 Å². The largest absolute Gasteiger partial charge is 0.462 e. The maximum atomic E-state index is 11.6. The van der Waals surface area contributed by atoms with E-state index in [1.807, 2.05) is 12.1 Å². The van der Waals surface area contributed by atoms with E-state index in [-0.39, 0.29) is 5.97 Å². The van der Waals surface area contributed by atoms with Crippen molar-refractivity contribution < 1.29 is 14.7 Å². The highest BCUT2D eigenvalue weighted by Gasteiger charge is 2.05. The number of hydrogen-bond donors (Lipinski definition) is 2. The van der Waals surface area contributed by atoms with E-state index in [4.69, 9.17) is 4.74 Å². The molecule has 0 saturated heterocycles. The van der Waals surface area contributed by atoms with Crippen LogP contribution >= 0.6 is 0 Å². The Bertz CT molecular complexity index is 585. The Labute approximate surface area is 183 Å². The quantitative estimate of drug-likeness (QED) is 0.0869. The summed E-state index contributed by atoms with van der Waals surface area (Å²) >= 11 is 0. The molecule has 0 atom stereocenters. The number of anilines is 1. The van der Waals surface area contributed by atoms with Gasteiger partial charge in [0.15, 0.2) is 0 Å². The van der Waals surface area contributed by atoms with Crippen LogP contribution in [0.4, 0.5) is 5.69 Å². The highest BCUT2D eigenvalue weighted by Crippen LogP contribution is 2.13. The van der Waals surface area contributed by atoms with Crippen LogP contribution in [0.5, 0.6) is 0 Å². The molecule has 0 aliphatic rings. The molecule has 1 rings (SSSR count). The predicted molar refractivity (Wildman–Crippen MR) is 126 cm³/mol. The van der Waals surface area contributed by atoms with Crippen molar-refractivity contribution in [2.75, 3.05) is 18.5 Å². The van der Waals surface area contributed by atoms with Crippen molar-refractivity contribution in [3.8, 4) is 0 Å². The second kappa shape index (κ2) is 17.8. The number of carbonyl (C=O) groups excluding carboxylic acids is 1. The molecule has 0 amide bonds. The Hall–Kier alpha value is -2.04. The molecular formula is C25H42N2O3. The van der Waals surface area contributed by atoms with Crippen LogP contribution in [0, 0.1) is 0 Å². The first kappa shape index (κ1) is 26.0. The van der Waals surface area contributed by atoms with Crippen molar-refractivity contribution in [1.82, 2.24) is 0 Å². The summed E-state index contributed by atoms with van der Waals surface area (Å²) in [7, 11) is 0. The molecule has 0 aromatic heterocycles. The molecule has 0 unspecified atom stereocenters. The summed E-state index contributed by atoms with van der Waals surface area (Å²) in [5.74, 6) is -0.280. The maximum Gasteiger partial charge on any atom is 0.338 e. The average molecular weight is 419 g/mol. The minimum absolute atomic E-state index is 0.280. The van der Waals surface area contributed by atoms with Crippen LogP contribution in [-0.4, -0.2) is 30.0 Å². The lowest BCUT2D eigenvalue weighted by molar-refractivity contribution is 0.0526. The van der Waals surface area contributed by atoms with Crippen LogP contribution in [0.15, 0.2) is 29.4 Å². The van der Waals surface area contributed by atoms with Gasteiger partial charge in [-0.2, -0.15) is 0 Å². The smallest absolute Gasteiger partial charge is 0.338 e. The fourth-order valence-corrected chi connectivity index (χ4v) is 3.49. The van der Waals surface area contributed by atoms with Crippen LogP contribution < -0.4 is 5.32 Å². The topological polar surface area (TPSA) is 70.9 Å². The van der Waals surface area contributed by atoms with Crippen LogP contribution in [0.2, 0.25) is 0 Å². The second-order valence-corrected chi connectivity index (χ2v) is 7.93. The van der Waals surface area contributed by atoms with Crippen molar-refractivity contribution in [1.29, 1.82) is 0 Å². The number of ether oxygens (including phenoxy) is 1. The van der Waals surface area contributed by atoms with E-state index in [0.29, 0.717) is 12.2 Å². The molecule has 1 aromatic rings. The number of nitrogens with zero attached hydrogens (tertiary/aromatic N) is 1. The molecule has 0 spiro atoms. The van der Waals surface area contributed by atoms with Crippen molar-refractivity contribution in [3.05, 3.63) is 29.8 Å². The first-order chi connectivity index (χ1) is 14.7. The predicted octanol–water partition coefficient (Wildman–Crippen LogP) is 7.20. The minimum Gasteiger partial charge on any atom is -0.462 e. The van der Waals surface area contributed by atoms with E-state index < -0.39 is 0 Å². The molecule has 30 heavy (non-hydrogen) atoms. The number of hydrogen-bond acceptors (Lipinski definition) is 5. The molecule has 0 fully saturated rings. The lowest BCUT2D eigenvalue weighted by Crippen LogP contribution is -2.06. The lowest BCUT2D eigenvalue weighted by atomic mass is 10.0. The van der Waals surface area contributed by atoms with Crippen LogP contribution in [0.1, 0.15) is 108 Å². The van der Waals surface area contributed by atoms with Crippen molar-refractivity contribution in [2.45, 2.75) is 97.3 Å². The SMILES string of the molecule is CCCCCCCCCCC(CCCCCNc1ccc(C(=O)OCC)cc1)=NO. The first-order valence-electron chi connectivity index (χ1n) is 11.9. The van der Waals surface area contributed by atoms with Gasteiger partial charge in [-0.15, -0.1) is 0 Å². The van der Waals surface area contributed by atoms with Gasteiger partial charge < -0.3 is 15.3 Å². The number of oxime groups is 1. The molecule has 0 aliphatic heterocycles. The molecule has 170 valence electrons. The van der Waals surface area contributed by atoms with Gasteiger partial charge >= 0.3 is 5.97 Å². The van der Waals surface area contributed by atoms with Gasteiger partial charge in [0.25, 0.3) is 0 Å². The van der Waals surface area contributed by atoms with Gasteiger partial charge in [0.1, 0.15) is 0 Å². The van der Waals surface area contributed by atoms with E-state index in [1.165, 1.54) is 44.9 Å². The summed E-state index contributed by atoms with van der Waals surface area (Å²) in [6.07, 6.45) is 15.4. The Morgan fingerprint density at radius 3 is 2.00 bits per heavy atom. The Morgan fingerprint density at radius 1 is 0.867 bits per heavy atom. The summed E-state index contributed by atoms with van der Waals surface area (Å²) in [6.45, 7) is 5.34. The van der Waals surface area contributed by atoms with Crippen LogP contribution in [0.25, 0.3) is 0 Å². The molecule has 0 bridgehead atoms. The lowest BCUT2D eigenvalue weighted by Gasteiger charge is -2.08. The number of nitrogens with one attached hydrogen (secondary N) is 1. The highest BCUT2D eigenvalue weighted by molar-refractivity contribution is 5.89. The number of carbonyl (C=O) groups is 1. The Morgan fingerprint density at radius 2 is 1.43 bits per heavy atom. The summed E-state index contributed by atoms with van der Waals surface area (Å²) in [6, 6.07) is 7.39. The third-order valence-corrected chi connectivity index (χ3v) is 5.33. The zero-order valence-electron chi connectivity index (χ0n) is 19.1. The molecule has 0 radical (unpaired) electrons. The standard InChI is InChI=1S/C25H42N2O3/c1-3-5-6-7-8-9-10-12-15-24(27-29)16-13-11-14-21-26-23-19-17-22(18-20-23)25(28)30-4-2/h17-20,26,29H,3-16,21H2,1-2H3. The summed E-state index contributed by atoms with van der Waals surface area (Å²) in [4.78, 5) is 11.6. The van der Waals surface area contributed by atoms with E-state index >= 15 is 0 Å². The van der Waals surface area contributed by atoms with Crippen molar-refractivity contribution in [2.24, 2.45) is 5.16 Å².